The Labute approximate surface area is 107 Å². The largest absolute Gasteiger partial charge is 0.122 e. The van der Waals surface area contributed by atoms with E-state index in [-0.39, 0.29) is 0 Å². The quantitative estimate of drug-likeness (QED) is 0.686. The summed E-state index contributed by atoms with van der Waals surface area (Å²) in [6.45, 7) is 2.17. The van der Waals surface area contributed by atoms with E-state index in [2.05, 4.69) is 73.7 Å². The zero-order valence-electron chi connectivity index (χ0n) is 9.97. The van der Waals surface area contributed by atoms with E-state index in [9.17, 15) is 0 Å². The first kappa shape index (κ1) is 12.0. The Kier molecular flexibility index (Phi) is 4.45. The second-order valence-electron chi connectivity index (χ2n) is 3.88. The summed E-state index contributed by atoms with van der Waals surface area (Å²) in [6, 6.07) is 21.0. The average Bonchev–Trinajstić information content (AvgIpc) is 2.41. The first-order chi connectivity index (χ1) is 8.36. The summed E-state index contributed by atoms with van der Waals surface area (Å²) in [6.07, 6.45) is 2.28. The van der Waals surface area contributed by atoms with E-state index in [1.807, 2.05) is 11.8 Å². The number of hydrogen-bond donors (Lipinski definition) is 0. The molecule has 0 unspecified atom stereocenters. The van der Waals surface area contributed by atoms with Gasteiger partial charge in [-0.3, -0.25) is 0 Å². The van der Waals surface area contributed by atoms with Crippen LogP contribution in [0.2, 0.25) is 0 Å². The molecule has 0 aromatic heterocycles. The van der Waals surface area contributed by atoms with Crippen LogP contribution in [0.15, 0.2) is 71.6 Å². The Balaban J connectivity index is 1.93. The monoisotopic (exact) mass is 240 g/mol. The van der Waals surface area contributed by atoms with Crippen molar-refractivity contribution in [2.24, 2.45) is 0 Å². The lowest BCUT2D eigenvalue weighted by atomic mass is 10.1. The zero-order chi connectivity index (χ0) is 11.9. The third-order valence-electron chi connectivity index (χ3n) is 2.61. The molecule has 0 saturated heterocycles. The smallest absolute Gasteiger partial charge is 0.0166 e. The van der Waals surface area contributed by atoms with E-state index in [4.69, 9.17) is 0 Å². The SMILES string of the molecule is C/C(=C/CSc1ccccc1)c1ccccc1. The number of allylic oxidation sites excluding steroid dienone is 1. The molecule has 86 valence electrons. The van der Waals surface area contributed by atoms with Gasteiger partial charge < -0.3 is 0 Å². The molecule has 1 heteroatoms. The highest BCUT2D eigenvalue weighted by Gasteiger charge is 1.94. The summed E-state index contributed by atoms with van der Waals surface area (Å²) in [5.74, 6) is 1.02. The molecule has 0 N–H and O–H groups in total. The molecule has 0 spiro atoms. The normalized spacial score (nSPS) is 11.5. The number of hydrogen-bond acceptors (Lipinski definition) is 1. The standard InChI is InChI=1S/C16H16S/c1-14(15-8-4-2-5-9-15)12-13-17-16-10-6-3-7-11-16/h2-12H,13H2,1H3/b14-12-. The summed E-state index contributed by atoms with van der Waals surface area (Å²) >= 11 is 1.87. The van der Waals surface area contributed by atoms with E-state index in [1.54, 1.807) is 0 Å². The molecule has 0 bridgehead atoms. The summed E-state index contributed by atoms with van der Waals surface area (Å²) < 4.78 is 0. The molecule has 0 fully saturated rings. The highest BCUT2D eigenvalue weighted by Crippen LogP contribution is 2.19. The van der Waals surface area contributed by atoms with Gasteiger partial charge in [0.15, 0.2) is 0 Å². The minimum absolute atomic E-state index is 1.02. The topological polar surface area (TPSA) is 0 Å². The van der Waals surface area contributed by atoms with Gasteiger partial charge in [-0.15, -0.1) is 11.8 Å². The van der Waals surface area contributed by atoms with Gasteiger partial charge in [0, 0.05) is 10.6 Å². The molecular weight excluding hydrogens is 224 g/mol. The average molecular weight is 240 g/mol. The van der Waals surface area contributed by atoms with Crippen molar-refractivity contribution >= 4 is 17.3 Å². The van der Waals surface area contributed by atoms with Crippen LogP contribution in [0, 0.1) is 0 Å². The van der Waals surface area contributed by atoms with E-state index >= 15 is 0 Å². The Morgan fingerprint density at radius 2 is 1.53 bits per heavy atom. The van der Waals surface area contributed by atoms with Gasteiger partial charge in [-0.05, 0) is 30.2 Å². The highest BCUT2D eigenvalue weighted by molar-refractivity contribution is 7.99. The van der Waals surface area contributed by atoms with Crippen LogP contribution in [0.25, 0.3) is 5.57 Å². The van der Waals surface area contributed by atoms with E-state index < -0.39 is 0 Å². The second-order valence-corrected chi connectivity index (χ2v) is 4.97. The van der Waals surface area contributed by atoms with Crippen LogP contribution in [0.1, 0.15) is 12.5 Å². The van der Waals surface area contributed by atoms with Crippen molar-refractivity contribution in [3.8, 4) is 0 Å². The Morgan fingerprint density at radius 1 is 0.941 bits per heavy atom. The maximum absolute atomic E-state index is 2.28. The summed E-state index contributed by atoms with van der Waals surface area (Å²) in [4.78, 5) is 1.32. The van der Waals surface area contributed by atoms with Gasteiger partial charge in [0.25, 0.3) is 0 Å². The summed E-state index contributed by atoms with van der Waals surface area (Å²) in [7, 11) is 0. The minimum atomic E-state index is 1.02. The third-order valence-corrected chi connectivity index (χ3v) is 3.55. The number of rotatable bonds is 4. The predicted molar refractivity (Wildman–Crippen MR) is 77.3 cm³/mol. The van der Waals surface area contributed by atoms with Gasteiger partial charge in [0.2, 0.25) is 0 Å². The van der Waals surface area contributed by atoms with Crippen molar-refractivity contribution < 1.29 is 0 Å². The van der Waals surface area contributed by atoms with Gasteiger partial charge in [-0.1, -0.05) is 54.6 Å². The van der Waals surface area contributed by atoms with Crippen molar-refractivity contribution in [1.82, 2.24) is 0 Å². The van der Waals surface area contributed by atoms with Crippen molar-refractivity contribution in [2.75, 3.05) is 5.75 Å². The lowest BCUT2D eigenvalue weighted by Gasteiger charge is -2.01. The Hall–Kier alpha value is -1.47. The van der Waals surface area contributed by atoms with Crippen molar-refractivity contribution in [3.63, 3.8) is 0 Å². The lowest BCUT2D eigenvalue weighted by Crippen LogP contribution is -1.80. The lowest BCUT2D eigenvalue weighted by molar-refractivity contribution is 1.46. The van der Waals surface area contributed by atoms with Gasteiger partial charge >= 0.3 is 0 Å². The molecule has 0 amide bonds. The fourth-order valence-corrected chi connectivity index (χ4v) is 2.47. The molecule has 0 nitrogen and oxygen atoms in total. The van der Waals surface area contributed by atoms with Gasteiger partial charge in [-0.25, -0.2) is 0 Å². The fourth-order valence-electron chi connectivity index (χ4n) is 1.60. The van der Waals surface area contributed by atoms with Crippen LogP contribution in [0.4, 0.5) is 0 Å². The first-order valence-electron chi connectivity index (χ1n) is 5.76. The molecule has 0 aliphatic heterocycles. The maximum Gasteiger partial charge on any atom is 0.0166 e. The van der Waals surface area contributed by atoms with Crippen molar-refractivity contribution in [1.29, 1.82) is 0 Å². The molecule has 0 heterocycles. The molecule has 0 aliphatic rings. The van der Waals surface area contributed by atoms with E-state index in [0.29, 0.717) is 0 Å². The number of thioether (sulfide) groups is 1. The van der Waals surface area contributed by atoms with Gasteiger partial charge in [-0.2, -0.15) is 0 Å². The van der Waals surface area contributed by atoms with Crippen LogP contribution >= 0.6 is 11.8 Å². The van der Waals surface area contributed by atoms with Crippen LogP contribution < -0.4 is 0 Å². The van der Waals surface area contributed by atoms with Crippen LogP contribution in [-0.2, 0) is 0 Å². The zero-order valence-corrected chi connectivity index (χ0v) is 10.8. The molecule has 2 aromatic rings. The molecule has 0 saturated carbocycles. The second kappa shape index (κ2) is 6.31. The van der Waals surface area contributed by atoms with Crippen LogP contribution in [0.3, 0.4) is 0 Å². The molecule has 17 heavy (non-hydrogen) atoms. The Morgan fingerprint density at radius 3 is 2.18 bits per heavy atom. The molecule has 2 aromatic carbocycles. The molecule has 2 rings (SSSR count). The van der Waals surface area contributed by atoms with Crippen LogP contribution in [0.5, 0.6) is 0 Å². The maximum atomic E-state index is 2.28. The van der Waals surface area contributed by atoms with Gasteiger partial charge in [0.05, 0.1) is 0 Å². The predicted octanol–water partition coefficient (Wildman–Crippen LogP) is 4.88. The van der Waals surface area contributed by atoms with E-state index in [1.165, 1.54) is 16.0 Å². The first-order valence-corrected chi connectivity index (χ1v) is 6.75. The summed E-state index contributed by atoms with van der Waals surface area (Å²) in [5.41, 5.74) is 2.65. The fraction of sp³-hybridized carbons (Fsp3) is 0.125. The third kappa shape index (κ3) is 3.79. The van der Waals surface area contributed by atoms with E-state index in [0.717, 1.165) is 5.75 Å². The van der Waals surface area contributed by atoms with Crippen molar-refractivity contribution in [3.05, 3.63) is 72.3 Å². The highest BCUT2D eigenvalue weighted by atomic mass is 32.2. The number of benzene rings is 2. The minimum Gasteiger partial charge on any atom is -0.122 e. The molecular formula is C16H16S. The van der Waals surface area contributed by atoms with Gasteiger partial charge in [0.1, 0.15) is 0 Å². The molecule has 0 atom stereocenters. The summed E-state index contributed by atoms with van der Waals surface area (Å²) in [5, 5.41) is 0. The van der Waals surface area contributed by atoms with Crippen molar-refractivity contribution in [2.45, 2.75) is 11.8 Å². The Bertz CT molecular complexity index is 471. The molecule has 0 radical (unpaired) electrons. The molecule has 0 aliphatic carbocycles. The van der Waals surface area contributed by atoms with Crippen LogP contribution in [-0.4, -0.2) is 5.75 Å².